The summed E-state index contributed by atoms with van der Waals surface area (Å²) in [5, 5.41) is 2.94. The summed E-state index contributed by atoms with van der Waals surface area (Å²) in [6.07, 6.45) is 2.54. The molecule has 1 saturated heterocycles. The SMILES string of the molecule is O=C(NCCCN1CCC(C(=O)c2ccc(F)cc2)CC1)c1ccccc1. The number of ketones is 1. The van der Waals surface area contributed by atoms with Crippen molar-refractivity contribution in [2.24, 2.45) is 5.92 Å². The lowest BCUT2D eigenvalue weighted by molar-refractivity contribution is 0.0835. The van der Waals surface area contributed by atoms with E-state index in [1.54, 1.807) is 24.3 Å². The van der Waals surface area contributed by atoms with Crippen LogP contribution in [0.1, 0.15) is 40.0 Å². The second-order valence-corrected chi connectivity index (χ2v) is 6.96. The van der Waals surface area contributed by atoms with Crippen molar-refractivity contribution in [2.45, 2.75) is 19.3 Å². The molecule has 0 spiro atoms. The summed E-state index contributed by atoms with van der Waals surface area (Å²) in [6.45, 7) is 3.31. The van der Waals surface area contributed by atoms with Crippen LogP contribution in [0.5, 0.6) is 0 Å². The highest BCUT2D eigenvalue weighted by Crippen LogP contribution is 2.22. The number of hydrogen-bond acceptors (Lipinski definition) is 3. The Labute approximate surface area is 159 Å². The Hall–Kier alpha value is -2.53. The molecule has 0 radical (unpaired) electrons. The zero-order chi connectivity index (χ0) is 19.1. The molecule has 2 aromatic carbocycles. The number of carbonyl (C=O) groups excluding carboxylic acids is 2. The summed E-state index contributed by atoms with van der Waals surface area (Å²) in [6, 6.07) is 15.0. The molecule has 4 nitrogen and oxygen atoms in total. The fourth-order valence-electron chi connectivity index (χ4n) is 3.46. The average molecular weight is 368 g/mol. The molecule has 0 aliphatic carbocycles. The van der Waals surface area contributed by atoms with Crippen molar-refractivity contribution in [3.63, 3.8) is 0 Å². The van der Waals surface area contributed by atoms with Gasteiger partial charge < -0.3 is 10.2 Å². The number of nitrogens with one attached hydrogen (secondary N) is 1. The van der Waals surface area contributed by atoms with Crippen molar-refractivity contribution in [1.29, 1.82) is 0 Å². The highest BCUT2D eigenvalue weighted by atomic mass is 19.1. The highest BCUT2D eigenvalue weighted by molar-refractivity contribution is 5.97. The van der Waals surface area contributed by atoms with Crippen LogP contribution in [0.3, 0.4) is 0 Å². The van der Waals surface area contributed by atoms with Crippen LogP contribution in [-0.2, 0) is 0 Å². The molecule has 5 heteroatoms. The predicted molar refractivity (Wildman–Crippen MR) is 103 cm³/mol. The summed E-state index contributed by atoms with van der Waals surface area (Å²) >= 11 is 0. The second-order valence-electron chi connectivity index (χ2n) is 6.96. The lowest BCUT2D eigenvalue weighted by atomic mass is 9.89. The number of rotatable bonds is 7. The van der Waals surface area contributed by atoms with Gasteiger partial charge in [0.1, 0.15) is 5.82 Å². The van der Waals surface area contributed by atoms with E-state index in [-0.39, 0.29) is 23.4 Å². The summed E-state index contributed by atoms with van der Waals surface area (Å²) in [5.41, 5.74) is 1.27. The summed E-state index contributed by atoms with van der Waals surface area (Å²) in [4.78, 5) is 26.8. The van der Waals surface area contributed by atoms with E-state index in [2.05, 4.69) is 10.2 Å². The summed E-state index contributed by atoms with van der Waals surface area (Å²) < 4.78 is 13.0. The van der Waals surface area contributed by atoms with Gasteiger partial charge in [0.2, 0.25) is 0 Å². The number of benzene rings is 2. The van der Waals surface area contributed by atoms with Crippen LogP contribution in [0.4, 0.5) is 4.39 Å². The van der Waals surface area contributed by atoms with Crippen molar-refractivity contribution >= 4 is 11.7 Å². The lowest BCUT2D eigenvalue weighted by Crippen LogP contribution is -2.38. The Morgan fingerprint density at radius 2 is 1.63 bits per heavy atom. The van der Waals surface area contributed by atoms with Gasteiger partial charge in [-0.25, -0.2) is 4.39 Å². The molecule has 1 aliphatic rings. The Balaban J connectivity index is 1.35. The van der Waals surface area contributed by atoms with Crippen LogP contribution < -0.4 is 5.32 Å². The first kappa shape index (κ1) is 19.2. The number of amides is 1. The number of carbonyl (C=O) groups is 2. The molecule has 1 amide bonds. The topological polar surface area (TPSA) is 49.4 Å². The normalized spacial score (nSPS) is 15.4. The minimum absolute atomic E-state index is 0.0181. The average Bonchev–Trinajstić information content (AvgIpc) is 2.72. The first-order valence-electron chi connectivity index (χ1n) is 9.49. The molecule has 1 aliphatic heterocycles. The highest BCUT2D eigenvalue weighted by Gasteiger charge is 2.25. The molecule has 0 unspecified atom stereocenters. The van der Waals surface area contributed by atoms with Crippen LogP contribution in [0.15, 0.2) is 54.6 Å². The Bertz CT molecular complexity index is 754. The van der Waals surface area contributed by atoms with Gasteiger partial charge in [0.05, 0.1) is 0 Å². The van der Waals surface area contributed by atoms with Crippen LogP contribution in [0.25, 0.3) is 0 Å². The van der Waals surface area contributed by atoms with E-state index in [4.69, 9.17) is 0 Å². The van der Waals surface area contributed by atoms with Gasteiger partial charge >= 0.3 is 0 Å². The summed E-state index contributed by atoms with van der Waals surface area (Å²) in [7, 11) is 0. The molecule has 1 heterocycles. The predicted octanol–water partition coefficient (Wildman–Crippen LogP) is 3.54. The monoisotopic (exact) mass is 368 g/mol. The molecule has 3 rings (SSSR count). The van der Waals surface area contributed by atoms with Crippen molar-refractivity contribution in [2.75, 3.05) is 26.2 Å². The maximum absolute atomic E-state index is 13.0. The van der Waals surface area contributed by atoms with Crippen molar-refractivity contribution in [3.05, 3.63) is 71.5 Å². The molecule has 0 atom stereocenters. The van der Waals surface area contributed by atoms with E-state index in [0.717, 1.165) is 38.9 Å². The number of piperidine rings is 1. The van der Waals surface area contributed by atoms with Crippen molar-refractivity contribution in [1.82, 2.24) is 10.2 Å². The standard InChI is InChI=1S/C22H25FN2O2/c23-20-9-7-17(8-10-20)21(26)18-11-15-25(16-12-18)14-4-13-24-22(27)19-5-2-1-3-6-19/h1-3,5-10,18H,4,11-16H2,(H,24,27). The third-order valence-corrected chi connectivity index (χ3v) is 5.06. The fraction of sp³-hybridized carbons (Fsp3) is 0.364. The molecular formula is C22H25FN2O2. The second kappa shape index (κ2) is 9.42. The first-order chi connectivity index (χ1) is 13.1. The Morgan fingerprint density at radius 3 is 2.30 bits per heavy atom. The number of hydrogen-bond donors (Lipinski definition) is 1. The van der Waals surface area contributed by atoms with E-state index >= 15 is 0 Å². The third-order valence-electron chi connectivity index (χ3n) is 5.06. The Kier molecular flexibility index (Phi) is 6.71. The van der Waals surface area contributed by atoms with Gasteiger partial charge in [0, 0.05) is 23.6 Å². The lowest BCUT2D eigenvalue weighted by Gasteiger charge is -2.31. The zero-order valence-corrected chi connectivity index (χ0v) is 15.4. The van der Waals surface area contributed by atoms with E-state index < -0.39 is 0 Å². The minimum atomic E-state index is -0.319. The molecule has 0 bridgehead atoms. The van der Waals surface area contributed by atoms with Crippen LogP contribution in [0.2, 0.25) is 0 Å². The number of likely N-dealkylation sites (tertiary alicyclic amines) is 1. The van der Waals surface area contributed by atoms with E-state index in [9.17, 15) is 14.0 Å². The summed E-state index contributed by atoms with van der Waals surface area (Å²) in [5.74, 6) is -0.228. The fourth-order valence-corrected chi connectivity index (χ4v) is 3.46. The van der Waals surface area contributed by atoms with Gasteiger partial charge in [-0.1, -0.05) is 18.2 Å². The third kappa shape index (κ3) is 5.47. The first-order valence-corrected chi connectivity index (χ1v) is 9.49. The molecular weight excluding hydrogens is 343 g/mol. The molecule has 142 valence electrons. The van der Waals surface area contributed by atoms with Gasteiger partial charge in [-0.3, -0.25) is 9.59 Å². The molecule has 0 saturated carbocycles. The molecule has 1 N–H and O–H groups in total. The molecule has 27 heavy (non-hydrogen) atoms. The Morgan fingerprint density at radius 1 is 0.963 bits per heavy atom. The number of halogens is 1. The van der Waals surface area contributed by atoms with Gasteiger partial charge in [-0.2, -0.15) is 0 Å². The van der Waals surface area contributed by atoms with Crippen LogP contribution in [-0.4, -0.2) is 42.8 Å². The van der Waals surface area contributed by atoms with Gasteiger partial charge in [-0.05, 0) is 75.3 Å². The van der Waals surface area contributed by atoms with Gasteiger partial charge in [0.25, 0.3) is 5.91 Å². The zero-order valence-electron chi connectivity index (χ0n) is 15.4. The van der Waals surface area contributed by atoms with E-state index in [1.165, 1.54) is 12.1 Å². The minimum Gasteiger partial charge on any atom is -0.352 e. The van der Waals surface area contributed by atoms with Crippen LogP contribution >= 0.6 is 0 Å². The molecule has 1 fully saturated rings. The molecule has 2 aromatic rings. The maximum Gasteiger partial charge on any atom is 0.251 e. The smallest absolute Gasteiger partial charge is 0.251 e. The largest absolute Gasteiger partial charge is 0.352 e. The van der Waals surface area contributed by atoms with Gasteiger partial charge in [0.15, 0.2) is 5.78 Å². The van der Waals surface area contributed by atoms with Crippen molar-refractivity contribution in [3.8, 4) is 0 Å². The van der Waals surface area contributed by atoms with E-state index in [1.807, 2.05) is 18.2 Å². The van der Waals surface area contributed by atoms with Crippen molar-refractivity contribution < 1.29 is 14.0 Å². The maximum atomic E-state index is 13.0. The van der Waals surface area contributed by atoms with Gasteiger partial charge in [-0.15, -0.1) is 0 Å². The molecule has 0 aromatic heterocycles. The number of Topliss-reactive ketones (excluding diaryl/α,β-unsaturated/α-hetero) is 1. The quantitative estimate of drug-likeness (QED) is 0.601. The number of nitrogens with zero attached hydrogens (tertiary/aromatic N) is 1. The van der Waals surface area contributed by atoms with E-state index in [0.29, 0.717) is 17.7 Å². The van der Waals surface area contributed by atoms with Crippen LogP contribution in [0, 0.1) is 11.7 Å².